The van der Waals surface area contributed by atoms with Crippen LogP contribution in [0.1, 0.15) is 12.0 Å². The Hall–Kier alpha value is -0.900. The van der Waals surface area contributed by atoms with Gasteiger partial charge in [0.15, 0.2) is 0 Å². The van der Waals surface area contributed by atoms with Gasteiger partial charge < -0.3 is 4.90 Å². The van der Waals surface area contributed by atoms with Gasteiger partial charge in [0.05, 0.1) is 6.42 Å². The van der Waals surface area contributed by atoms with Crippen LogP contribution < -0.4 is 0 Å². The van der Waals surface area contributed by atoms with Crippen molar-refractivity contribution in [3.63, 3.8) is 0 Å². The maximum atomic E-state index is 13.4. The van der Waals surface area contributed by atoms with E-state index in [2.05, 4.69) is 15.9 Å². The summed E-state index contributed by atoms with van der Waals surface area (Å²) < 4.78 is 14.1. The van der Waals surface area contributed by atoms with Crippen LogP contribution in [-0.2, 0) is 11.2 Å². The molecule has 0 spiro atoms. The van der Waals surface area contributed by atoms with Gasteiger partial charge in [-0.3, -0.25) is 4.79 Å². The van der Waals surface area contributed by atoms with Crippen molar-refractivity contribution in [1.82, 2.24) is 4.90 Å². The number of benzene rings is 1. The number of carbonyl (C=O) groups excluding carboxylic acids is 1. The Balaban J connectivity index is 2.06. The number of halogens is 2. The lowest BCUT2D eigenvalue weighted by molar-refractivity contribution is -0.133. The van der Waals surface area contributed by atoms with Crippen LogP contribution in [0.15, 0.2) is 22.7 Å². The zero-order valence-electron chi connectivity index (χ0n) is 8.17. The van der Waals surface area contributed by atoms with E-state index in [1.165, 1.54) is 6.07 Å². The molecule has 4 heteroatoms. The largest absolute Gasteiger partial charge is 0.342 e. The smallest absolute Gasteiger partial charge is 0.227 e. The monoisotopic (exact) mass is 271 g/mol. The van der Waals surface area contributed by atoms with Gasteiger partial charge in [-0.2, -0.15) is 0 Å². The molecule has 1 heterocycles. The third-order valence-electron chi connectivity index (χ3n) is 2.57. The molecule has 80 valence electrons. The molecule has 15 heavy (non-hydrogen) atoms. The third-order valence-corrected chi connectivity index (χ3v) is 3.06. The Morgan fingerprint density at radius 1 is 1.47 bits per heavy atom. The van der Waals surface area contributed by atoms with Crippen molar-refractivity contribution in [3.05, 3.63) is 34.1 Å². The van der Waals surface area contributed by atoms with Gasteiger partial charge in [-0.15, -0.1) is 0 Å². The van der Waals surface area contributed by atoms with Crippen molar-refractivity contribution < 1.29 is 9.18 Å². The van der Waals surface area contributed by atoms with E-state index in [9.17, 15) is 9.18 Å². The molecule has 2 nitrogen and oxygen atoms in total. The van der Waals surface area contributed by atoms with Crippen LogP contribution in [0, 0.1) is 5.82 Å². The number of nitrogens with zero attached hydrogens (tertiary/aromatic N) is 1. The van der Waals surface area contributed by atoms with Crippen molar-refractivity contribution in [2.45, 2.75) is 12.8 Å². The predicted octanol–water partition coefficient (Wildman–Crippen LogP) is 2.36. The van der Waals surface area contributed by atoms with Crippen molar-refractivity contribution in [2.75, 3.05) is 13.1 Å². The lowest BCUT2D eigenvalue weighted by Crippen LogP contribution is -2.42. The number of carbonyl (C=O) groups is 1. The average Bonchev–Trinajstić information content (AvgIpc) is 2.07. The number of likely N-dealkylation sites (tertiary alicyclic amines) is 1. The van der Waals surface area contributed by atoms with Crippen LogP contribution in [-0.4, -0.2) is 23.9 Å². The first-order valence-corrected chi connectivity index (χ1v) is 5.68. The first-order chi connectivity index (χ1) is 7.16. The highest BCUT2D eigenvalue weighted by Gasteiger charge is 2.20. The lowest BCUT2D eigenvalue weighted by Gasteiger charge is -2.31. The minimum atomic E-state index is -0.321. The standard InChI is InChI=1S/C11H11BrFNO/c12-9-3-2-8(10(13)7-9)6-11(15)14-4-1-5-14/h2-3,7H,1,4-6H2. The van der Waals surface area contributed by atoms with Gasteiger partial charge in [0.1, 0.15) is 5.82 Å². The van der Waals surface area contributed by atoms with Gasteiger partial charge in [-0.25, -0.2) is 4.39 Å². The summed E-state index contributed by atoms with van der Waals surface area (Å²) in [6.07, 6.45) is 1.23. The quantitative estimate of drug-likeness (QED) is 0.809. The van der Waals surface area contributed by atoms with Gasteiger partial charge in [0.25, 0.3) is 0 Å². The summed E-state index contributed by atoms with van der Waals surface area (Å²) in [6.45, 7) is 1.63. The number of hydrogen-bond donors (Lipinski definition) is 0. The molecule has 1 aliphatic heterocycles. The van der Waals surface area contributed by atoms with E-state index >= 15 is 0 Å². The molecule has 0 saturated carbocycles. The summed E-state index contributed by atoms with van der Waals surface area (Å²) in [5, 5.41) is 0. The molecule has 1 aromatic carbocycles. The second-order valence-corrected chi connectivity index (χ2v) is 4.56. The van der Waals surface area contributed by atoms with E-state index < -0.39 is 0 Å². The van der Waals surface area contributed by atoms with E-state index in [-0.39, 0.29) is 18.1 Å². The van der Waals surface area contributed by atoms with Crippen molar-refractivity contribution in [2.24, 2.45) is 0 Å². The molecular formula is C11H11BrFNO. The van der Waals surface area contributed by atoms with Gasteiger partial charge in [-0.1, -0.05) is 22.0 Å². The minimum absolute atomic E-state index is 0.0162. The molecule has 0 N–H and O–H groups in total. The maximum Gasteiger partial charge on any atom is 0.227 e. The highest BCUT2D eigenvalue weighted by molar-refractivity contribution is 9.10. The Morgan fingerprint density at radius 2 is 2.20 bits per heavy atom. The highest BCUT2D eigenvalue weighted by atomic mass is 79.9. The SMILES string of the molecule is O=C(Cc1ccc(Br)cc1F)N1CCC1. The molecule has 0 radical (unpaired) electrons. The van der Waals surface area contributed by atoms with E-state index in [0.29, 0.717) is 10.0 Å². The van der Waals surface area contributed by atoms with E-state index in [1.54, 1.807) is 17.0 Å². The Labute approximate surface area is 96.2 Å². The zero-order valence-corrected chi connectivity index (χ0v) is 9.76. The summed E-state index contributed by atoms with van der Waals surface area (Å²) in [5.74, 6) is -0.305. The number of amides is 1. The maximum absolute atomic E-state index is 13.4. The molecule has 1 amide bonds. The fraction of sp³-hybridized carbons (Fsp3) is 0.364. The molecule has 0 unspecified atom stereocenters. The van der Waals surface area contributed by atoms with Crippen LogP contribution in [0.5, 0.6) is 0 Å². The highest BCUT2D eigenvalue weighted by Crippen LogP contribution is 2.17. The van der Waals surface area contributed by atoms with E-state index in [4.69, 9.17) is 0 Å². The van der Waals surface area contributed by atoms with Gasteiger partial charge in [-0.05, 0) is 24.1 Å². The Bertz CT molecular complexity index is 390. The molecule has 2 rings (SSSR count). The summed E-state index contributed by atoms with van der Waals surface area (Å²) in [6, 6.07) is 4.79. The zero-order chi connectivity index (χ0) is 10.8. The molecule has 1 aromatic rings. The first kappa shape index (κ1) is 10.6. The molecule has 0 atom stereocenters. The molecule has 0 aromatic heterocycles. The van der Waals surface area contributed by atoms with Crippen LogP contribution in [0.4, 0.5) is 4.39 Å². The molecule has 0 bridgehead atoms. The summed E-state index contributed by atoms with van der Waals surface area (Å²) in [5.41, 5.74) is 0.468. The number of rotatable bonds is 2. The van der Waals surface area contributed by atoms with Crippen LogP contribution in [0.3, 0.4) is 0 Å². The van der Waals surface area contributed by atoms with E-state index in [1.807, 2.05) is 0 Å². The fourth-order valence-corrected chi connectivity index (χ4v) is 1.84. The Morgan fingerprint density at radius 3 is 2.73 bits per heavy atom. The first-order valence-electron chi connectivity index (χ1n) is 4.88. The van der Waals surface area contributed by atoms with Gasteiger partial charge in [0, 0.05) is 17.6 Å². The lowest BCUT2D eigenvalue weighted by atomic mass is 10.1. The minimum Gasteiger partial charge on any atom is -0.342 e. The van der Waals surface area contributed by atoms with Crippen LogP contribution in [0.25, 0.3) is 0 Å². The second-order valence-electron chi connectivity index (χ2n) is 3.65. The van der Waals surface area contributed by atoms with Crippen molar-refractivity contribution in [3.8, 4) is 0 Å². The van der Waals surface area contributed by atoms with Crippen LogP contribution >= 0.6 is 15.9 Å². The molecule has 1 aliphatic rings. The van der Waals surface area contributed by atoms with Crippen molar-refractivity contribution in [1.29, 1.82) is 0 Å². The topological polar surface area (TPSA) is 20.3 Å². The average molecular weight is 272 g/mol. The van der Waals surface area contributed by atoms with Gasteiger partial charge in [0.2, 0.25) is 5.91 Å². The molecular weight excluding hydrogens is 261 g/mol. The fourth-order valence-electron chi connectivity index (χ4n) is 1.51. The summed E-state index contributed by atoms with van der Waals surface area (Å²) >= 11 is 3.18. The molecule has 1 saturated heterocycles. The summed E-state index contributed by atoms with van der Waals surface area (Å²) in [4.78, 5) is 13.3. The molecule has 0 aliphatic carbocycles. The van der Waals surface area contributed by atoms with E-state index in [0.717, 1.165) is 19.5 Å². The second kappa shape index (κ2) is 4.31. The Kier molecular flexibility index (Phi) is 3.05. The third kappa shape index (κ3) is 2.37. The van der Waals surface area contributed by atoms with Crippen molar-refractivity contribution >= 4 is 21.8 Å². The normalized spacial score (nSPS) is 14.9. The molecule has 1 fully saturated rings. The number of hydrogen-bond acceptors (Lipinski definition) is 1. The van der Waals surface area contributed by atoms with Crippen LogP contribution in [0.2, 0.25) is 0 Å². The van der Waals surface area contributed by atoms with Gasteiger partial charge >= 0.3 is 0 Å². The predicted molar refractivity (Wildman–Crippen MR) is 59.0 cm³/mol. The summed E-state index contributed by atoms with van der Waals surface area (Å²) in [7, 11) is 0.